The standard InChI is InChI=1S/C27H24Cl2N4O4/c1-32(2)37-26(34)30-19-8-3-16(4-9-19)25-24-21(22-15-18(29)7-12-23(22)31-24)13-14-33(25)27(35)36-20-10-5-17(28)6-11-20/h3-12,15,25,31H,13-14H2,1-2H3,(H,30,34). The maximum absolute atomic E-state index is 13.4. The number of nitrogens with zero attached hydrogens (tertiary/aromatic N) is 2. The van der Waals surface area contributed by atoms with Crippen molar-refractivity contribution in [2.45, 2.75) is 12.5 Å². The van der Waals surface area contributed by atoms with Crippen molar-refractivity contribution in [3.05, 3.63) is 93.6 Å². The molecule has 0 bridgehead atoms. The van der Waals surface area contributed by atoms with E-state index in [9.17, 15) is 9.59 Å². The van der Waals surface area contributed by atoms with Crippen LogP contribution in [0.1, 0.15) is 22.9 Å². The zero-order valence-corrected chi connectivity index (χ0v) is 21.6. The van der Waals surface area contributed by atoms with Gasteiger partial charge in [0.05, 0.1) is 0 Å². The topological polar surface area (TPSA) is 86.9 Å². The van der Waals surface area contributed by atoms with Crippen LogP contribution in [0.3, 0.4) is 0 Å². The van der Waals surface area contributed by atoms with E-state index in [-0.39, 0.29) is 0 Å². The van der Waals surface area contributed by atoms with Crippen LogP contribution < -0.4 is 10.1 Å². The molecular weight excluding hydrogens is 515 g/mol. The van der Waals surface area contributed by atoms with Crippen molar-refractivity contribution in [1.82, 2.24) is 14.9 Å². The highest BCUT2D eigenvalue weighted by Crippen LogP contribution is 2.39. The molecule has 5 rings (SSSR count). The van der Waals surface area contributed by atoms with Gasteiger partial charge in [0.1, 0.15) is 11.8 Å². The minimum atomic E-state index is -0.599. The molecule has 37 heavy (non-hydrogen) atoms. The lowest BCUT2D eigenvalue weighted by atomic mass is 9.92. The van der Waals surface area contributed by atoms with E-state index in [1.54, 1.807) is 55.4 Å². The van der Waals surface area contributed by atoms with Gasteiger partial charge in [-0.2, -0.15) is 0 Å². The number of aromatic nitrogens is 1. The van der Waals surface area contributed by atoms with Crippen LogP contribution in [-0.4, -0.2) is 47.8 Å². The Morgan fingerprint density at radius 1 is 1.00 bits per heavy atom. The number of halogens is 2. The Bertz CT molecular complexity index is 1450. The van der Waals surface area contributed by atoms with Crippen molar-refractivity contribution >= 4 is 52.0 Å². The van der Waals surface area contributed by atoms with E-state index in [4.69, 9.17) is 32.8 Å². The molecule has 10 heteroatoms. The highest BCUT2D eigenvalue weighted by molar-refractivity contribution is 6.31. The molecule has 0 radical (unpaired) electrons. The van der Waals surface area contributed by atoms with E-state index < -0.39 is 18.2 Å². The van der Waals surface area contributed by atoms with Crippen molar-refractivity contribution in [1.29, 1.82) is 0 Å². The summed E-state index contributed by atoms with van der Waals surface area (Å²) in [5.74, 6) is 0.404. The fourth-order valence-corrected chi connectivity index (χ4v) is 4.82. The first-order valence-corrected chi connectivity index (χ1v) is 12.3. The summed E-state index contributed by atoms with van der Waals surface area (Å²) in [5, 5.41) is 6.22. The molecule has 0 saturated carbocycles. The van der Waals surface area contributed by atoms with Crippen LogP contribution in [0.5, 0.6) is 5.75 Å². The van der Waals surface area contributed by atoms with Crippen LogP contribution in [0.15, 0.2) is 66.7 Å². The number of rotatable bonds is 4. The number of hydrogen-bond donors (Lipinski definition) is 2. The number of benzene rings is 3. The molecule has 1 unspecified atom stereocenters. The zero-order valence-electron chi connectivity index (χ0n) is 20.1. The molecule has 1 atom stereocenters. The highest BCUT2D eigenvalue weighted by atomic mass is 35.5. The average Bonchev–Trinajstić information content (AvgIpc) is 3.22. The largest absolute Gasteiger partial charge is 0.430 e. The molecule has 190 valence electrons. The SMILES string of the molecule is CN(C)OC(=O)Nc1ccc(C2c3[nH]c4ccc(Cl)cc4c3CCN2C(=O)Oc2ccc(Cl)cc2)cc1. The van der Waals surface area contributed by atoms with Gasteiger partial charge >= 0.3 is 12.2 Å². The number of carbonyl (C=O) groups is 2. The quantitative estimate of drug-likeness (QED) is 0.284. The molecule has 2 amide bonds. The maximum atomic E-state index is 13.4. The van der Waals surface area contributed by atoms with Crippen LogP contribution in [0.25, 0.3) is 10.9 Å². The second kappa shape index (κ2) is 10.3. The van der Waals surface area contributed by atoms with E-state index in [0.29, 0.717) is 34.4 Å². The summed E-state index contributed by atoms with van der Waals surface area (Å²) in [4.78, 5) is 35.5. The number of nitrogens with one attached hydrogen (secondary N) is 2. The van der Waals surface area contributed by atoms with Gasteiger partial charge in [0.15, 0.2) is 0 Å². The lowest BCUT2D eigenvalue weighted by molar-refractivity contribution is -0.0474. The predicted molar refractivity (Wildman–Crippen MR) is 143 cm³/mol. The van der Waals surface area contributed by atoms with Gasteiger partial charge in [0, 0.05) is 53.0 Å². The Labute approximate surface area is 223 Å². The van der Waals surface area contributed by atoms with Crippen LogP contribution in [-0.2, 0) is 11.3 Å². The summed E-state index contributed by atoms with van der Waals surface area (Å²) in [7, 11) is 3.24. The summed E-state index contributed by atoms with van der Waals surface area (Å²) in [6, 6.07) is 19.2. The van der Waals surface area contributed by atoms with Crippen molar-refractivity contribution < 1.29 is 19.2 Å². The van der Waals surface area contributed by atoms with E-state index in [0.717, 1.165) is 27.7 Å². The molecule has 1 aliphatic heterocycles. The second-order valence-corrected chi connectivity index (χ2v) is 9.69. The molecule has 3 aromatic carbocycles. The van der Waals surface area contributed by atoms with E-state index in [2.05, 4.69) is 10.3 Å². The maximum Gasteiger partial charge on any atom is 0.430 e. The van der Waals surface area contributed by atoms with Crippen LogP contribution in [0.4, 0.5) is 15.3 Å². The summed E-state index contributed by atoms with van der Waals surface area (Å²) in [6.07, 6.45) is -0.442. The highest BCUT2D eigenvalue weighted by Gasteiger charge is 2.35. The first-order valence-electron chi connectivity index (χ1n) is 11.6. The van der Waals surface area contributed by atoms with E-state index in [1.807, 2.05) is 30.3 Å². The molecule has 2 heterocycles. The normalized spacial score (nSPS) is 14.9. The minimum absolute atomic E-state index is 0.404. The molecule has 0 aliphatic carbocycles. The van der Waals surface area contributed by atoms with Gasteiger partial charge in [0.2, 0.25) is 0 Å². The summed E-state index contributed by atoms with van der Waals surface area (Å²) >= 11 is 12.3. The first kappa shape index (κ1) is 25.0. The van der Waals surface area contributed by atoms with E-state index in [1.165, 1.54) is 5.06 Å². The van der Waals surface area contributed by atoms with Crippen molar-refractivity contribution in [2.24, 2.45) is 0 Å². The summed E-state index contributed by atoms with van der Waals surface area (Å²) < 4.78 is 5.70. The third kappa shape index (κ3) is 5.36. The number of amides is 2. The Balaban J connectivity index is 1.50. The van der Waals surface area contributed by atoms with Gasteiger partial charge in [-0.05, 0) is 72.1 Å². The molecule has 0 spiro atoms. The van der Waals surface area contributed by atoms with Gasteiger partial charge < -0.3 is 14.6 Å². The Morgan fingerprint density at radius 2 is 1.70 bits per heavy atom. The zero-order chi connectivity index (χ0) is 26.1. The second-order valence-electron chi connectivity index (χ2n) is 8.81. The number of carbonyl (C=O) groups excluding carboxylic acids is 2. The molecule has 2 N–H and O–H groups in total. The summed E-state index contributed by atoms with van der Waals surface area (Å²) in [5.41, 5.74) is 4.35. The lowest BCUT2D eigenvalue weighted by Gasteiger charge is -2.35. The van der Waals surface area contributed by atoms with Gasteiger partial charge in [-0.3, -0.25) is 10.2 Å². The number of hydrogen-bond acceptors (Lipinski definition) is 5. The molecule has 1 aliphatic rings. The van der Waals surface area contributed by atoms with Crippen LogP contribution in [0, 0.1) is 0 Å². The van der Waals surface area contributed by atoms with Gasteiger partial charge in [-0.15, -0.1) is 5.06 Å². The molecule has 1 aromatic heterocycles. The van der Waals surface area contributed by atoms with Gasteiger partial charge in [-0.1, -0.05) is 35.3 Å². The average molecular weight is 539 g/mol. The number of ether oxygens (including phenoxy) is 1. The van der Waals surface area contributed by atoms with Crippen molar-refractivity contribution in [2.75, 3.05) is 26.0 Å². The molecular formula is C27H24Cl2N4O4. The third-order valence-corrected chi connectivity index (χ3v) is 6.57. The first-order chi connectivity index (χ1) is 17.8. The lowest BCUT2D eigenvalue weighted by Crippen LogP contribution is -2.42. The van der Waals surface area contributed by atoms with Crippen LogP contribution >= 0.6 is 23.2 Å². The Morgan fingerprint density at radius 3 is 2.41 bits per heavy atom. The number of H-pyrrole nitrogens is 1. The fraction of sp³-hybridized carbons (Fsp3) is 0.185. The van der Waals surface area contributed by atoms with Crippen molar-refractivity contribution in [3.63, 3.8) is 0 Å². The van der Waals surface area contributed by atoms with Crippen molar-refractivity contribution in [3.8, 4) is 5.75 Å². The van der Waals surface area contributed by atoms with Gasteiger partial charge in [-0.25, -0.2) is 9.59 Å². The molecule has 0 saturated heterocycles. The Hall–Kier alpha value is -3.72. The molecule has 0 fully saturated rings. The third-order valence-electron chi connectivity index (χ3n) is 6.08. The summed E-state index contributed by atoms with van der Waals surface area (Å²) in [6.45, 7) is 0.443. The fourth-order valence-electron chi connectivity index (χ4n) is 4.52. The number of aromatic amines is 1. The number of hydroxylamine groups is 2. The smallest absolute Gasteiger partial charge is 0.410 e. The van der Waals surface area contributed by atoms with Crippen LogP contribution in [0.2, 0.25) is 10.0 Å². The number of anilines is 1. The predicted octanol–water partition coefficient (Wildman–Crippen LogP) is 6.65. The molecule has 4 aromatic rings. The van der Waals surface area contributed by atoms with Gasteiger partial charge in [0.25, 0.3) is 0 Å². The Kier molecular flexibility index (Phi) is 6.97. The number of fused-ring (bicyclic) bond motifs is 3. The monoisotopic (exact) mass is 538 g/mol. The minimum Gasteiger partial charge on any atom is -0.410 e. The van der Waals surface area contributed by atoms with E-state index >= 15 is 0 Å². The molecule has 8 nitrogen and oxygen atoms in total.